The molecule has 2 nitrogen and oxygen atoms in total. The maximum atomic E-state index is 14.8. The number of allylic oxidation sites excluding steroid dienone is 4. The molecule has 4 heteroatoms. The van der Waals surface area contributed by atoms with Gasteiger partial charge in [0.05, 0.1) is 0 Å². The molecule has 0 aromatic heterocycles. The highest BCUT2D eigenvalue weighted by Crippen LogP contribution is 2.66. The number of alkyl halides is 2. The van der Waals surface area contributed by atoms with Crippen LogP contribution in [0, 0.1) is 29.6 Å². The highest BCUT2D eigenvalue weighted by molar-refractivity contribution is 6.23. The fourth-order valence-corrected chi connectivity index (χ4v) is 8.39. The van der Waals surface area contributed by atoms with E-state index in [0.29, 0.717) is 25.7 Å². The average molecular weight is 521 g/mol. The minimum atomic E-state index is -3.53. The maximum Gasteiger partial charge on any atom is 0.336 e. The zero-order valence-corrected chi connectivity index (χ0v) is 23.1. The van der Waals surface area contributed by atoms with Crippen LogP contribution in [0.15, 0.2) is 41.0 Å². The number of carbonyl (C=O) groups is 1. The Bertz CT molecular complexity index is 1180. The largest absolute Gasteiger partial charge is 0.382 e. The van der Waals surface area contributed by atoms with E-state index in [2.05, 4.69) is 31.2 Å². The van der Waals surface area contributed by atoms with Crippen LogP contribution in [0.25, 0.3) is 5.57 Å². The Labute approximate surface area is 227 Å². The van der Waals surface area contributed by atoms with Gasteiger partial charge in [-0.15, -0.1) is 6.42 Å². The lowest BCUT2D eigenvalue weighted by Crippen LogP contribution is -2.59. The first-order chi connectivity index (χ1) is 18.2. The Morgan fingerprint density at radius 3 is 2.45 bits per heavy atom. The summed E-state index contributed by atoms with van der Waals surface area (Å²) in [4.78, 5) is 13.2. The molecule has 0 radical (unpaired) electrons. The van der Waals surface area contributed by atoms with Crippen LogP contribution in [0.2, 0.25) is 0 Å². The molecule has 4 aliphatic carbocycles. The fraction of sp³-hybridized carbons (Fsp3) is 0.618. The number of rotatable bonds is 8. The number of unbranched alkanes of at least 4 members (excludes halogenated alkanes) is 4. The number of hydrogen-bond donors (Lipinski definition) is 1. The van der Waals surface area contributed by atoms with Crippen LogP contribution in [0.3, 0.4) is 0 Å². The lowest BCUT2D eigenvalue weighted by Gasteiger charge is -2.52. The number of benzene rings is 1. The fourth-order valence-electron chi connectivity index (χ4n) is 8.39. The van der Waals surface area contributed by atoms with Crippen LogP contribution in [0.1, 0.15) is 108 Å². The van der Waals surface area contributed by atoms with Crippen molar-refractivity contribution >= 4 is 11.4 Å². The summed E-state index contributed by atoms with van der Waals surface area (Å²) < 4.78 is 29.7. The van der Waals surface area contributed by atoms with Crippen molar-refractivity contribution in [3.63, 3.8) is 0 Å². The van der Waals surface area contributed by atoms with Crippen molar-refractivity contribution in [2.24, 2.45) is 17.3 Å². The number of Topliss-reactive ketones (excluding diaryl/α,β-unsaturated/α-hetero) is 1. The molecular weight excluding hydrogens is 478 g/mol. The summed E-state index contributed by atoms with van der Waals surface area (Å²) in [5.74, 6) is -1.53. The number of halogens is 2. The first-order valence-corrected chi connectivity index (χ1v) is 14.8. The molecule has 2 saturated carbocycles. The predicted octanol–water partition coefficient (Wildman–Crippen LogP) is 8.23. The highest BCUT2D eigenvalue weighted by atomic mass is 19.3. The van der Waals surface area contributed by atoms with Crippen molar-refractivity contribution in [1.29, 1.82) is 0 Å². The normalized spacial score (nSPS) is 31.1. The summed E-state index contributed by atoms with van der Waals surface area (Å²) in [6.45, 7) is 4.07. The van der Waals surface area contributed by atoms with Gasteiger partial charge in [-0.3, -0.25) is 4.79 Å². The third-order valence-electron chi connectivity index (χ3n) is 10.6. The van der Waals surface area contributed by atoms with Gasteiger partial charge in [0, 0.05) is 17.4 Å². The minimum absolute atomic E-state index is 0.0118. The SMILES string of the molecule is C#CC(F)(F)[C@]1(O)CC[C@H]2[C@@H]3CCC4=C(c5ccc(CCCCCCC)cc5)C(=O)CCC4=C3CC[C@@]21C. The summed E-state index contributed by atoms with van der Waals surface area (Å²) in [5, 5.41) is 11.3. The molecule has 4 aliphatic rings. The zero-order chi connectivity index (χ0) is 27.1. The number of aryl methyl sites for hydroxylation is 1. The molecule has 2 fully saturated rings. The number of hydrogen-bond acceptors (Lipinski definition) is 2. The average Bonchev–Trinajstić information content (AvgIpc) is 3.21. The van der Waals surface area contributed by atoms with E-state index < -0.39 is 16.9 Å². The summed E-state index contributed by atoms with van der Waals surface area (Å²) in [6.07, 6.45) is 17.3. The van der Waals surface area contributed by atoms with E-state index in [0.717, 1.165) is 36.8 Å². The van der Waals surface area contributed by atoms with E-state index in [9.17, 15) is 18.7 Å². The number of carbonyl (C=O) groups excluding carboxylic acids is 1. The second kappa shape index (κ2) is 10.4. The molecule has 38 heavy (non-hydrogen) atoms. The van der Waals surface area contributed by atoms with Gasteiger partial charge in [0.15, 0.2) is 5.78 Å². The van der Waals surface area contributed by atoms with Crippen molar-refractivity contribution < 1.29 is 18.7 Å². The van der Waals surface area contributed by atoms with Crippen molar-refractivity contribution in [2.45, 2.75) is 115 Å². The third-order valence-corrected chi connectivity index (χ3v) is 10.6. The van der Waals surface area contributed by atoms with Gasteiger partial charge in [-0.2, -0.15) is 8.78 Å². The monoisotopic (exact) mass is 520 g/mol. The van der Waals surface area contributed by atoms with Gasteiger partial charge in [0.1, 0.15) is 5.60 Å². The first kappa shape index (κ1) is 27.3. The lowest BCUT2D eigenvalue weighted by molar-refractivity contribution is -0.207. The van der Waals surface area contributed by atoms with E-state index in [1.54, 1.807) is 5.92 Å². The number of aliphatic hydroxyl groups is 1. The van der Waals surface area contributed by atoms with Gasteiger partial charge in [0.25, 0.3) is 0 Å². The van der Waals surface area contributed by atoms with Gasteiger partial charge in [-0.1, -0.05) is 69.4 Å². The van der Waals surface area contributed by atoms with E-state index in [4.69, 9.17) is 6.42 Å². The Morgan fingerprint density at radius 1 is 1.00 bits per heavy atom. The Morgan fingerprint density at radius 2 is 1.74 bits per heavy atom. The summed E-state index contributed by atoms with van der Waals surface area (Å²) >= 11 is 0. The van der Waals surface area contributed by atoms with E-state index in [1.807, 2.05) is 6.92 Å². The molecule has 0 aliphatic heterocycles. The minimum Gasteiger partial charge on any atom is -0.382 e. The zero-order valence-electron chi connectivity index (χ0n) is 23.1. The second-order valence-electron chi connectivity index (χ2n) is 12.4. The summed E-state index contributed by atoms with van der Waals surface area (Å²) in [7, 11) is 0. The van der Waals surface area contributed by atoms with Crippen LogP contribution in [-0.2, 0) is 11.2 Å². The maximum absolute atomic E-state index is 14.8. The van der Waals surface area contributed by atoms with Crippen LogP contribution in [0.4, 0.5) is 8.78 Å². The molecular formula is C34H42F2O2. The summed E-state index contributed by atoms with van der Waals surface area (Å²) in [6, 6.07) is 8.61. The van der Waals surface area contributed by atoms with Crippen molar-refractivity contribution in [2.75, 3.05) is 0 Å². The molecule has 0 amide bonds. The standard InChI is InChI=1S/C34H42F2O2/c1-4-6-7-8-9-10-23-11-13-24(14-12-23)31-28-16-15-27-26(25(28)17-18-30(31)37)19-21-32(3)29(27)20-22-33(32,38)34(35,36)5-2/h2,11-14,27,29,38H,4,6-10,15-22H2,1,3H3/t27-,29+,32+,33+/m1/s1. The topological polar surface area (TPSA) is 37.3 Å². The van der Waals surface area contributed by atoms with E-state index >= 15 is 0 Å². The van der Waals surface area contributed by atoms with Gasteiger partial charge >= 0.3 is 5.92 Å². The van der Waals surface area contributed by atoms with Crippen LogP contribution in [-0.4, -0.2) is 22.4 Å². The van der Waals surface area contributed by atoms with Crippen molar-refractivity contribution in [3.8, 4) is 12.3 Å². The van der Waals surface area contributed by atoms with Gasteiger partial charge in [-0.05, 0) is 97.8 Å². The van der Waals surface area contributed by atoms with E-state index in [-0.39, 0.29) is 24.0 Å². The number of terminal acetylenes is 1. The lowest BCUT2D eigenvalue weighted by atomic mass is 9.54. The Hall–Kier alpha value is -2.25. The molecule has 0 bridgehead atoms. The van der Waals surface area contributed by atoms with Crippen LogP contribution >= 0.6 is 0 Å². The molecule has 204 valence electrons. The van der Waals surface area contributed by atoms with Gasteiger partial charge in [-0.25, -0.2) is 0 Å². The van der Waals surface area contributed by atoms with E-state index in [1.165, 1.54) is 54.4 Å². The van der Waals surface area contributed by atoms with Crippen LogP contribution in [0.5, 0.6) is 0 Å². The molecule has 4 atom stereocenters. The molecule has 0 saturated heterocycles. The Kier molecular flexibility index (Phi) is 7.46. The molecule has 0 spiro atoms. The molecule has 1 aromatic carbocycles. The third kappa shape index (κ3) is 4.30. The smallest absolute Gasteiger partial charge is 0.336 e. The number of ketones is 1. The first-order valence-electron chi connectivity index (χ1n) is 14.8. The molecule has 5 rings (SSSR count). The van der Waals surface area contributed by atoms with Crippen LogP contribution < -0.4 is 0 Å². The van der Waals surface area contributed by atoms with Gasteiger partial charge < -0.3 is 5.11 Å². The van der Waals surface area contributed by atoms with Crippen molar-refractivity contribution in [3.05, 3.63) is 52.1 Å². The molecule has 0 heterocycles. The Balaban J connectivity index is 1.41. The molecule has 1 N–H and O–H groups in total. The molecule has 0 unspecified atom stereocenters. The molecule has 1 aromatic rings. The second-order valence-corrected chi connectivity index (χ2v) is 12.4. The predicted molar refractivity (Wildman–Crippen MR) is 149 cm³/mol. The highest BCUT2D eigenvalue weighted by Gasteiger charge is 2.69. The van der Waals surface area contributed by atoms with Crippen molar-refractivity contribution in [1.82, 2.24) is 0 Å². The number of fused-ring (bicyclic) bond motifs is 4. The van der Waals surface area contributed by atoms with Gasteiger partial charge in [0.2, 0.25) is 0 Å². The quantitative estimate of drug-likeness (QED) is 0.277. The summed E-state index contributed by atoms with van der Waals surface area (Å²) in [5.41, 5.74) is 4.00.